The number of aryl methyl sites for hydroxylation is 2. The predicted molar refractivity (Wildman–Crippen MR) is 111 cm³/mol. The molecule has 0 saturated carbocycles. The standard InChI is InChI=1S/C20H26N6OS/c1-15(2)17-5-7-18(8-6-17)26-14-22-24-20(26)28-13-19(27)21-9-4-10-25-12-16(3)11-23-25/h5-8,11-12,14-15H,4,9-10,13H2,1-3H3,(H,21,27). The first kappa shape index (κ1) is 20.1. The van der Waals surface area contributed by atoms with Gasteiger partial charge in [-0.1, -0.05) is 37.7 Å². The fraction of sp³-hybridized carbons (Fsp3) is 0.400. The van der Waals surface area contributed by atoms with Crippen LogP contribution in [0.1, 0.15) is 37.3 Å². The van der Waals surface area contributed by atoms with Crippen molar-refractivity contribution in [2.75, 3.05) is 12.3 Å². The minimum absolute atomic E-state index is 0.00801. The summed E-state index contributed by atoms with van der Waals surface area (Å²) >= 11 is 1.38. The van der Waals surface area contributed by atoms with Crippen LogP contribution in [0.25, 0.3) is 5.69 Å². The molecular formula is C20H26N6OS. The average Bonchev–Trinajstić information content (AvgIpc) is 3.32. The fourth-order valence-electron chi connectivity index (χ4n) is 2.76. The van der Waals surface area contributed by atoms with Crippen molar-refractivity contribution in [1.82, 2.24) is 29.9 Å². The summed E-state index contributed by atoms with van der Waals surface area (Å²) in [4.78, 5) is 12.1. The van der Waals surface area contributed by atoms with E-state index in [-0.39, 0.29) is 5.91 Å². The molecule has 3 rings (SSSR count). The molecule has 0 aliphatic rings. The van der Waals surface area contributed by atoms with Gasteiger partial charge in [0, 0.05) is 25.0 Å². The lowest BCUT2D eigenvalue weighted by atomic mass is 10.0. The molecule has 7 nitrogen and oxygen atoms in total. The van der Waals surface area contributed by atoms with Crippen LogP contribution in [0, 0.1) is 6.92 Å². The van der Waals surface area contributed by atoms with Crippen LogP contribution in [0.15, 0.2) is 48.1 Å². The van der Waals surface area contributed by atoms with Crippen molar-refractivity contribution >= 4 is 17.7 Å². The third-order valence-corrected chi connectivity index (χ3v) is 5.28. The summed E-state index contributed by atoms with van der Waals surface area (Å²) < 4.78 is 3.80. The molecule has 2 heterocycles. The van der Waals surface area contributed by atoms with E-state index >= 15 is 0 Å². The van der Waals surface area contributed by atoms with Crippen LogP contribution in [0.5, 0.6) is 0 Å². The van der Waals surface area contributed by atoms with Crippen LogP contribution in [-0.4, -0.2) is 42.7 Å². The second-order valence-corrected chi connectivity index (χ2v) is 7.95. The van der Waals surface area contributed by atoms with Crippen LogP contribution in [0.2, 0.25) is 0 Å². The highest BCUT2D eigenvalue weighted by Crippen LogP contribution is 2.21. The molecule has 28 heavy (non-hydrogen) atoms. The maximum atomic E-state index is 12.1. The van der Waals surface area contributed by atoms with Gasteiger partial charge in [0.2, 0.25) is 5.91 Å². The number of benzene rings is 1. The SMILES string of the molecule is Cc1cnn(CCCNC(=O)CSc2nncn2-c2ccc(C(C)C)cc2)c1. The van der Waals surface area contributed by atoms with Crippen LogP contribution in [-0.2, 0) is 11.3 Å². The third-order valence-electron chi connectivity index (χ3n) is 4.34. The number of nitrogens with one attached hydrogen (secondary N) is 1. The molecule has 0 fully saturated rings. The predicted octanol–water partition coefficient (Wildman–Crippen LogP) is 3.19. The van der Waals surface area contributed by atoms with Gasteiger partial charge in [-0.25, -0.2) is 0 Å². The number of nitrogens with zero attached hydrogens (tertiary/aromatic N) is 5. The lowest BCUT2D eigenvalue weighted by Gasteiger charge is -2.09. The Morgan fingerprint density at radius 1 is 1.25 bits per heavy atom. The van der Waals surface area contributed by atoms with Crippen molar-refractivity contribution < 1.29 is 4.79 Å². The van der Waals surface area contributed by atoms with Gasteiger partial charge in [0.05, 0.1) is 11.9 Å². The summed E-state index contributed by atoms with van der Waals surface area (Å²) in [6.45, 7) is 7.77. The van der Waals surface area contributed by atoms with Crippen molar-refractivity contribution in [3.8, 4) is 5.69 Å². The third kappa shape index (κ3) is 5.45. The smallest absolute Gasteiger partial charge is 0.230 e. The van der Waals surface area contributed by atoms with E-state index in [9.17, 15) is 4.79 Å². The second-order valence-electron chi connectivity index (χ2n) is 7.00. The number of hydrogen-bond donors (Lipinski definition) is 1. The van der Waals surface area contributed by atoms with Crippen LogP contribution in [0.4, 0.5) is 0 Å². The van der Waals surface area contributed by atoms with Gasteiger partial charge < -0.3 is 5.32 Å². The summed E-state index contributed by atoms with van der Waals surface area (Å²) in [5.74, 6) is 0.792. The molecule has 1 N–H and O–H groups in total. The minimum Gasteiger partial charge on any atom is -0.355 e. The summed E-state index contributed by atoms with van der Waals surface area (Å²) in [5.41, 5.74) is 3.42. The molecule has 0 aliphatic carbocycles. The zero-order valence-corrected chi connectivity index (χ0v) is 17.3. The van der Waals surface area contributed by atoms with E-state index in [4.69, 9.17) is 0 Å². The first-order valence-corrected chi connectivity index (χ1v) is 10.4. The highest BCUT2D eigenvalue weighted by Gasteiger charge is 2.10. The lowest BCUT2D eigenvalue weighted by molar-refractivity contribution is -0.118. The maximum absolute atomic E-state index is 12.1. The van der Waals surface area contributed by atoms with E-state index in [1.807, 2.05) is 28.6 Å². The summed E-state index contributed by atoms with van der Waals surface area (Å²) in [5, 5.41) is 16.0. The summed E-state index contributed by atoms with van der Waals surface area (Å²) in [6, 6.07) is 8.34. The maximum Gasteiger partial charge on any atom is 0.230 e. The van der Waals surface area contributed by atoms with Crippen LogP contribution in [0.3, 0.4) is 0 Å². The zero-order valence-electron chi connectivity index (χ0n) is 16.5. The molecule has 148 valence electrons. The minimum atomic E-state index is -0.00801. The fourth-order valence-corrected chi connectivity index (χ4v) is 3.52. The summed E-state index contributed by atoms with van der Waals surface area (Å²) in [6.07, 6.45) is 6.35. The molecule has 0 aliphatic heterocycles. The van der Waals surface area contributed by atoms with Crippen molar-refractivity contribution in [2.24, 2.45) is 0 Å². The zero-order chi connectivity index (χ0) is 19.9. The van der Waals surface area contributed by atoms with Gasteiger partial charge in [-0.15, -0.1) is 10.2 Å². The Kier molecular flexibility index (Phi) is 6.86. The molecule has 2 aromatic heterocycles. The molecule has 3 aromatic rings. The molecule has 8 heteroatoms. The Morgan fingerprint density at radius 3 is 2.71 bits per heavy atom. The Morgan fingerprint density at radius 2 is 2.04 bits per heavy atom. The quantitative estimate of drug-likeness (QED) is 0.442. The van der Waals surface area contributed by atoms with Gasteiger partial charge in [0.25, 0.3) is 0 Å². The molecule has 0 spiro atoms. The van der Waals surface area contributed by atoms with E-state index in [0.717, 1.165) is 24.2 Å². The van der Waals surface area contributed by atoms with Gasteiger partial charge in [0.1, 0.15) is 6.33 Å². The van der Waals surface area contributed by atoms with Gasteiger partial charge in [-0.2, -0.15) is 5.10 Å². The number of thioether (sulfide) groups is 1. The molecule has 0 unspecified atom stereocenters. The van der Waals surface area contributed by atoms with Gasteiger partial charge in [-0.05, 0) is 42.5 Å². The first-order valence-electron chi connectivity index (χ1n) is 9.42. The van der Waals surface area contributed by atoms with E-state index in [2.05, 4.69) is 58.7 Å². The molecule has 1 amide bonds. The Bertz CT molecular complexity index is 900. The van der Waals surface area contributed by atoms with E-state index in [1.165, 1.54) is 17.3 Å². The van der Waals surface area contributed by atoms with Crippen molar-refractivity contribution in [2.45, 2.75) is 44.8 Å². The Balaban J connectivity index is 1.45. The molecular weight excluding hydrogens is 372 g/mol. The Labute approximate surface area is 169 Å². The largest absolute Gasteiger partial charge is 0.355 e. The van der Waals surface area contributed by atoms with E-state index < -0.39 is 0 Å². The highest BCUT2D eigenvalue weighted by molar-refractivity contribution is 7.99. The molecule has 1 aromatic carbocycles. The molecule has 0 bridgehead atoms. The van der Waals surface area contributed by atoms with Crippen molar-refractivity contribution in [3.63, 3.8) is 0 Å². The van der Waals surface area contributed by atoms with Crippen molar-refractivity contribution in [1.29, 1.82) is 0 Å². The number of aromatic nitrogens is 5. The molecule has 0 saturated heterocycles. The van der Waals surface area contributed by atoms with Gasteiger partial charge >= 0.3 is 0 Å². The average molecular weight is 399 g/mol. The lowest BCUT2D eigenvalue weighted by Crippen LogP contribution is -2.27. The number of hydrogen-bond acceptors (Lipinski definition) is 5. The number of rotatable bonds is 9. The first-order chi connectivity index (χ1) is 13.5. The summed E-state index contributed by atoms with van der Waals surface area (Å²) in [7, 11) is 0. The molecule has 0 atom stereocenters. The van der Waals surface area contributed by atoms with E-state index in [1.54, 1.807) is 6.33 Å². The van der Waals surface area contributed by atoms with Crippen LogP contribution < -0.4 is 5.32 Å². The molecule has 0 radical (unpaired) electrons. The number of carbonyl (C=O) groups is 1. The highest BCUT2D eigenvalue weighted by atomic mass is 32.2. The Hall–Kier alpha value is -2.61. The normalized spacial score (nSPS) is 11.1. The van der Waals surface area contributed by atoms with Gasteiger partial charge in [0.15, 0.2) is 5.16 Å². The number of carbonyl (C=O) groups excluding carboxylic acids is 1. The van der Waals surface area contributed by atoms with Crippen LogP contribution >= 0.6 is 11.8 Å². The topological polar surface area (TPSA) is 77.6 Å². The van der Waals surface area contributed by atoms with Crippen molar-refractivity contribution in [3.05, 3.63) is 54.1 Å². The second kappa shape index (κ2) is 9.54. The van der Waals surface area contributed by atoms with Gasteiger partial charge in [-0.3, -0.25) is 14.0 Å². The van der Waals surface area contributed by atoms with E-state index in [0.29, 0.717) is 23.4 Å². The monoisotopic (exact) mass is 398 g/mol. The number of amides is 1.